The summed E-state index contributed by atoms with van der Waals surface area (Å²) in [4.78, 5) is 75.1. The predicted molar refractivity (Wildman–Crippen MR) is 297 cm³/mol. The lowest BCUT2D eigenvalue weighted by Crippen LogP contribution is -2.61. The fraction of sp³-hybridized carbons (Fsp3) is 0.821. The summed E-state index contributed by atoms with van der Waals surface area (Å²) in [7, 11) is -4.57. The van der Waals surface area contributed by atoms with Crippen molar-refractivity contribution in [3.05, 3.63) is 25.3 Å². The van der Waals surface area contributed by atoms with Gasteiger partial charge in [0.2, 0.25) is 24.2 Å². The lowest BCUT2D eigenvalue weighted by molar-refractivity contribution is -0.160. The fourth-order valence-corrected chi connectivity index (χ4v) is 20.2. The molecule has 0 aromatic carbocycles. The van der Waals surface area contributed by atoms with Gasteiger partial charge in [-0.3, -0.25) is 0 Å². The van der Waals surface area contributed by atoms with Crippen LogP contribution >= 0.6 is 0 Å². The summed E-state index contributed by atoms with van der Waals surface area (Å²) in [5, 5.41) is 11.3. The lowest BCUT2D eigenvalue weighted by Gasteiger charge is -2.52. The number of amides is 4. The van der Waals surface area contributed by atoms with Crippen molar-refractivity contribution >= 4 is 52.7 Å². The van der Waals surface area contributed by atoms with E-state index < -0.39 is 76.9 Å². The Hall–Kier alpha value is -4.19. The van der Waals surface area contributed by atoms with E-state index >= 15 is 0 Å². The molecule has 0 aromatic heterocycles. The molecule has 19 nitrogen and oxygen atoms in total. The summed E-state index contributed by atoms with van der Waals surface area (Å²) >= 11 is 0. The van der Waals surface area contributed by atoms with Crippen LogP contribution in [0, 0.1) is 21.7 Å². The molecule has 2 aliphatic carbocycles. The SMILES string of the molecule is C=CC(=O)OC(C)OC(=O)NC1CC(C)(C)CC(C)(CNC(=O)OC2(C)OC2CCC(C)(CC)[Si](C)(C)OC(C)(CC)[Si](C)(C)CCC2OC2(C)OC(=O)NCC2(C)CC(NC(=O)OC(C)OC(=O)C=C)CC(C)(C)C2)C1. The molecule has 4 rings (SSSR count). The van der Waals surface area contributed by atoms with Crippen LogP contribution in [0.3, 0.4) is 0 Å². The van der Waals surface area contributed by atoms with Crippen molar-refractivity contribution < 1.29 is 71.1 Å². The van der Waals surface area contributed by atoms with Crippen molar-refractivity contribution in [3.63, 3.8) is 0 Å². The molecule has 0 radical (unpaired) electrons. The van der Waals surface area contributed by atoms with E-state index in [4.69, 9.17) is 42.3 Å². The zero-order valence-electron chi connectivity index (χ0n) is 50.1. The van der Waals surface area contributed by atoms with E-state index in [1.54, 1.807) is 0 Å². The largest absolute Gasteiger partial charge is 0.422 e. The molecule has 4 aliphatic rings. The molecule has 0 aromatic rings. The summed E-state index contributed by atoms with van der Waals surface area (Å²) in [6.07, 6.45) is 5.08. The van der Waals surface area contributed by atoms with Gasteiger partial charge in [0.05, 0.1) is 8.07 Å². The summed E-state index contributed by atoms with van der Waals surface area (Å²) in [6.45, 7) is 45.0. The number of nitrogens with one attached hydrogen (secondary N) is 4. The zero-order valence-corrected chi connectivity index (χ0v) is 52.1. The molecule has 440 valence electrons. The first-order chi connectivity index (χ1) is 35.2. The molecule has 2 saturated heterocycles. The number of rotatable bonds is 26. The first-order valence-electron chi connectivity index (χ1n) is 27.8. The number of esters is 2. The maximum atomic E-state index is 13.3. The summed E-state index contributed by atoms with van der Waals surface area (Å²) in [6, 6.07) is 0.441. The van der Waals surface area contributed by atoms with Gasteiger partial charge < -0.3 is 63.6 Å². The Balaban J connectivity index is 1.24. The van der Waals surface area contributed by atoms with Crippen LogP contribution in [0.15, 0.2) is 25.3 Å². The predicted octanol–water partition coefficient (Wildman–Crippen LogP) is 11.4. The quantitative estimate of drug-likeness (QED) is 0.0157. The van der Waals surface area contributed by atoms with Gasteiger partial charge in [0.25, 0.3) is 0 Å². The smallest absolute Gasteiger partial charge is 0.410 e. The Morgan fingerprint density at radius 3 is 1.40 bits per heavy atom. The Kier molecular flexibility index (Phi) is 20.9. The van der Waals surface area contributed by atoms with Crippen LogP contribution in [-0.4, -0.2) is 119 Å². The molecular weight excluding hydrogens is 1020 g/mol. The van der Waals surface area contributed by atoms with E-state index in [1.807, 2.05) is 13.8 Å². The molecule has 2 aliphatic heterocycles. The first kappa shape index (κ1) is 65.3. The number of epoxide rings is 2. The Morgan fingerprint density at radius 2 is 1.03 bits per heavy atom. The molecule has 2 heterocycles. The van der Waals surface area contributed by atoms with Gasteiger partial charge in [-0.05, 0) is 111 Å². The normalized spacial score (nSPS) is 30.7. The van der Waals surface area contributed by atoms with Crippen molar-refractivity contribution in [3.8, 4) is 0 Å². The number of carbonyl (C=O) groups is 6. The number of hydrogen-bond donors (Lipinski definition) is 4. The molecular formula is C56H98N4O15Si2. The minimum absolute atomic E-state index is 0.119. The molecule has 4 amide bonds. The first-order valence-corrected chi connectivity index (χ1v) is 33.9. The van der Waals surface area contributed by atoms with E-state index in [2.05, 4.69) is 130 Å². The fourth-order valence-electron chi connectivity index (χ4n) is 12.7. The summed E-state index contributed by atoms with van der Waals surface area (Å²) in [5.74, 6) is -3.47. The topological polar surface area (TPSA) is 240 Å². The molecule has 12 atom stereocenters. The van der Waals surface area contributed by atoms with Crippen molar-refractivity contribution in [2.45, 2.75) is 259 Å². The van der Waals surface area contributed by atoms with Crippen molar-refractivity contribution in [1.29, 1.82) is 0 Å². The van der Waals surface area contributed by atoms with E-state index in [-0.39, 0.29) is 56.2 Å². The third-order valence-electron chi connectivity index (χ3n) is 17.5. The molecule has 12 unspecified atom stereocenters. The Labute approximate surface area is 461 Å². The Morgan fingerprint density at radius 1 is 0.623 bits per heavy atom. The lowest BCUT2D eigenvalue weighted by atomic mass is 9.62. The van der Waals surface area contributed by atoms with Gasteiger partial charge in [0.15, 0.2) is 8.32 Å². The van der Waals surface area contributed by atoms with Gasteiger partial charge in [-0.1, -0.05) is 101 Å². The Bertz CT molecular complexity index is 2160. The molecule has 2 saturated carbocycles. The average Bonchev–Trinajstić information content (AvgIpc) is 4.15. The maximum absolute atomic E-state index is 13.3. The minimum Gasteiger partial charge on any atom is -0.422 e. The van der Waals surface area contributed by atoms with Crippen molar-refractivity contribution in [1.82, 2.24) is 21.3 Å². The molecule has 4 N–H and O–H groups in total. The highest BCUT2D eigenvalue weighted by Gasteiger charge is 2.60. The highest BCUT2D eigenvalue weighted by molar-refractivity contribution is 6.82. The standard InChI is InChI=1S/C56H98N4O15Si2/c1-21-43(61)67-37(5)69-47(65)59-39-29-49(7,8)33-51(11,31-39)35-57-45(63)73-55(15)41(71-55)25-27-53(13,23-3)77(19,20)75-54(14,24-4)76(17,18)28-26-42-56(16,72-42)74-46(64)58-36-52(12)32-40(30-50(9,10)34-52)60-48(66)70-38(6)68-44(62)22-2/h21-22,37-42H,1-2,23-36H2,3-20H3,(H,57,63)(H,58,64)(H,59,65)(H,60,66). The van der Waals surface area contributed by atoms with Crippen LogP contribution in [-0.2, 0) is 51.9 Å². The minimum atomic E-state index is -2.43. The molecule has 0 spiro atoms. The second-order valence-corrected chi connectivity index (χ2v) is 36.6. The highest BCUT2D eigenvalue weighted by atomic mass is 28.4. The van der Waals surface area contributed by atoms with Gasteiger partial charge in [0, 0.05) is 70.2 Å². The van der Waals surface area contributed by atoms with E-state index in [9.17, 15) is 28.8 Å². The number of alkyl carbamates (subject to hydrolysis) is 4. The third kappa shape index (κ3) is 18.4. The second kappa shape index (κ2) is 24.7. The van der Waals surface area contributed by atoms with Crippen LogP contribution in [0.1, 0.15) is 168 Å². The van der Waals surface area contributed by atoms with Crippen molar-refractivity contribution in [2.75, 3.05) is 13.1 Å². The van der Waals surface area contributed by atoms with Crippen LogP contribution in [0.2, 0.25) is 37.3 Å². The van der Waals surface area contributed by atoms with Crippen LogP contribution < -0.4 is 21.3 Å². The third-order valence-corrected chi connectivity index (χ3v) is 27.0. The van der Waals surface area contributed by atoms with Gasteiger partial charge >= 0.3 is 36.3 Å². The van der Waals surface area contributed by atoms with Gasteiger partial charge in [0.1, 0.15) is 12.2 Å². The number of ether oxygens (including phenoxy) is 8. The monoisotopic (exact) mass is 1120 g/mol. The highest BCUT2D eigenvalue weighted by Crippen LogP contribution is 2.53. The van der Waals surface area contributed by atoms with Gasteiger partial charge in [-0.25, -0.2) is 28.8 Å². The second-order valence-electron chi connectivity index (χ2n) is 26.8. The van der Waals surface area contributed by atoms with Crippen LogP contribution in [0.4, 0.5) is 19.2 Å². The van der Waals surface area contributed by atoms with Crippen LogP contribution in [0.25, 0.3) is 0 Å². The number of carbonyl (C=O) groups excluding carboxylic acids is 6. The molecule has 4 fully saturated rings. The van der Waals surface area contributed by atoms with E-state index in [0.717, 1.165) is 56.7 Å². The van der Waals surface area contributed by atoms with Crippen LogP contribution in [0.5, 0.6) is 0 Å². The summed E-state index contributed by atoms with van der Waals surface area (Å²) < 4.78 is 51.9. The molecule has 21 heteroatoms. The molecule has 77 heavy (non-hydrogen) atoms. The maximum Gasteiger partial charge on any atom is 0.410 e. The van der Waals surface area contributed by atoms with Crippen molar-refractivity contribution in [2.24, 2.45) is 21.7 Å². The molecule has 0 bridgehead atoms. The van der Waals surface area contributed by atoms with Gasteiger partial charge in [-0.15, -0.1) is 0 Å². The zero-order chi connectivity index (χ0) is 58.4. The number of hydrogen-bond acceptors (Lipinski definition) is 15. The van der Waals surface area contributed by atoms with Gasteiger partial charge in [-0.2, -0.15) is 0 Å². The van der Waals surface area contributed by atoms with E-state index in [1.165, 1.54) is 13.8 Å². The van der Waals surface area contributed by atoms with E-state index in [0.29, 0.717) is 45.2 Å². The average molecular weight is 1120 g/mol. The summed E-state index contributed by atoms with van der Waals surface area (Å²) in [5.41, 5.74) is -1.01.